The van der Waals surface area contributed by atoms with Crippen LogP contribution >= 0.6 is 0 Å². The molecule has 1 heterocycles. The van der Waals surface area contributed by atoms with Crippen molar-refractivity contribution in [3.05, 3.63) is 82.7 Å². The molecule has 0 saturated carbocycles. The summed E-state index contributed by atoms with van der Waals surface area (Å²) in [6.45, 7) is 3.16. The summed E-state index contributed by atoms with van der Waals surface area (Å²) in [5.74, 6) is 3.71. The van der Waals surface area contributed by atoms with Crippen molar-refractivity contribution in [2.75, 3.05) is 13.2 Å². The molecular formula is C23H17F3O2. The predicted octanol–water partition coefficient (Wildman–Crippen LogP) is 5.34. The lowest BCUT2D eigenvalue weighted by molar-refractivity contribution is -0.202. The molecule has 142 valence electrons. The van der Waals surface area contributed by atoms with E-state index < -0.39 is 23.7 Å². The Morgan fingerprint density at radius 1 is 0.857 bits per heavy atom. The molecule has 0 aromatic heterocycles. The monoisotopic (exact) mass is 382 g/mol. The van der Waals surface area contributed by atoms with Gasteiger partial charge in [-0.2, -0.15) is 0 Å². The van der Waals surface area contributed by atoms with Crippen molar-refractivity contribution in [1.29, 1.82) is 0 Å². The first-order valence-electron chi connectivity index (χ1n) is 8.93. The second-order valence-corrected chi connectivity index (χ2v) is 6.89. The number of fused-ring (bicyclic) bond motifs is 1. The molecule has 1 saturated heterocycles. The topological polar surface area (TPSA) is 18.5 Å². The molecule has 3 aromatic rings. The second kappa shape index (κ2) is 7.67. The highest BCUT2D eigenvalue weighted by Crippen LogP contribution is 2.26. The van der Waals surface area contributed by atoms with E-state index in [4.69, 9.17) is 9.47 Å². The molecule has 1 aliphatic rings. The molecular weight excluding hydrogens is 365 g/mol. The van der Waals surface area contributed by atoms with Crippen LogP contribution in [0.1, 0.15) is 29.9 Å². The van der Waals surface area contributed by atoms with Gasteiger partial charge in [0.2, 0.25) is 0 Å². The van der Waals surface area contributed by atoms with Gasteiger partial charge in [0.05, 0.1) is 18.8 Å². The van der Waals surface area contributed by atoms with Crippen LogP contribution in [0.15, 0.2) is 48.5 Å². The first kappa shape index (κ1) is 18.5. The van der Waals surface area contributed by atoms with Gasteiger partial charge in [-0.05, 0) is 35.7 Å². The first-order chi connectivity index (χ1) is 13.5. The van der Waals surface area contributed by atoms with E-state index in [1.54, 1.807) is 24.3 Å². The molecule has 2 nitrogen and oxygen atoms in total. The minimum atomic E-state index is -0.895. The highest BCUT2D eigenvalue weighted by molar-refractivity contribution is 5.84. The van der Waals surface area contributed by atoms with Crippen LogP contribution in [0.2, 0.25) is 0 Å². The Balaban J connectivity index is 1.57. The Morgan fingerprint density at radius 2 is 1.64 bits per heavy atom. The predicted molar refractivity (Wildman–Crippen MR) is 100 cm³/mol. The number of hydrogen-bond donors (Lipinski definition) is 0. The van der Waals surface area contributed by atoms with Crippen molar-refractivity contribution < 1.29 is 22.6 Å². The maximum Gasteiger partial charge on any atom is 0.183 e. The summed E-state index contributed by atoms with van der Waals surface area (Å²) in [7, 11) is 0. The molecule has 0 atom stereocenters. The molecule has 1 fully saturated rings. The lowest BCUT2D eigenvalue weighted by Gasteiger charge is -2.27. The fourth-order valence-electron chi connectivity index (χ4n) is 3.05. The highest BCUT2D eigenvalue weighted by Gasteiger charge is 2.21. The van der Waals surface area contributed by atoms with E-state index in [9.17, 15) is 13.2 Å². The van der Waals surface area contributed by atoms with Crippen LogP contribution in [0.5, 0.6) is 0 Å². The molecule has 0 N–H and O–H groups in total. The van der Waals surface area contributed by atoms with Gasteiger partial charge < -0.3 is 9.47 Å². The fraction of sp³-hybridized carbons (Fsp3) is 0.217. The van der Waals surface area contributed by atoms with Crippen LogP contribution < -0.4 is 0 Å². The van der Waals surface area contributed by atoms with Crippen molar-refractivity contribution in [2.24, 2.45) is 5.92 Å². The Morgan fingerprint density at radius 3 is 2.39 bits per heavy atom. The molecule has 0 aliphatic carbocycles. The van der Waals surface area contributed by atoms with E-state index in [0.717, 1.165) is 6.07 Å². The van der Waals surface area contributed by atoms with Gasteiger partial charge in [-0.15, -0.1) is 0 Å². The summed E-state index contributed by atoms with van der Waals surface area (Å²) in [5, 5.41) is 0.713. The van der Waals surface area contributed by atoms with Crippen LogP contribution in [0, 0.1) is 35.2 Å². The zero-order chi connectivity index (χ0) is 19.7. The third-order valence-corrected chi connectivity index (χ3v) is 4.58. The largest absolute Gasteiger partial charge is 0.348 e. The lowest BCUT2D eigenvalue weighted by Crippen LogP contribution is -2.25. The molecule has 5 heteroatoms. The van der Waals surface area contributed by atoms with E-state index in [0.29, 0.717) is 35.6 Å². The summed E-state index contributed by atoms with van der Waals surface area (Å²) in [6.07, 6.45) is -0.566. The second-order valence-electron chi connectivity index (χ2n) is 6.89. The van der Waals surface area contributed by atoms with Crippen molar-refractivity contribution >= 4 is 10.8 Å². The number of rotatable bonds is 1. The molecule has 0 bridgehead atoms. The summed E-state index contributed by atoms with van der Waals surface area (Å²) < 4.78 is 52.6. The molecule has 1 aliphatic heterocycles. The average Bonchev–Trinajstić information content (AvgIpc) is 2.70. The Labute approximate surface area is 160 Å². The van der Waals surface area contributed by atoms with Gasteiger partial charge >= 0.3 is 0 Å². The Hall–Kier alpha value is -2.81. The minimum absolute atomic E-state index is 0.183. The highest BCUT2D eigenvalue weighted by atomic mass is 19.2. The maximum absolute atomic E-state index is 14.4. The van der Waals surface area contributed by atoms with Crippen molar-refractivity contribution in [3.63, 3.8) is 0 Å². The molecule has 0 spiro atoms. The zero-order valence-corrected chi connectivity index (χ0v) is 15.1. The van der Waals surface area contributed by atoms with Gasteiger partial charge in [-0.1, -0.05) is 37.0 Å². The standard InChI is InChI=1S/C23H17F3O2/c1-14-12-27-23(28-13-14)18-6-5-16(21(25)11-18)4-2-15-3-8-19-17(10-15)7-9-20(24)22(19)26/h3,5-11,14,23H,12-13H2,1H3. The molecule has 4 rings (SSSR count). The number of ether oxygens (including phenoxy) is 2. The summed E-state index contributed by atoms with van der Waals surface area (Å²) in [6, 6.07) is 11.9. The molecule has 0 radical (unpaired) electrons. The van der Waals surface area contributed by atoms with E-state index in [2.05, 4.69) is 11.8 Å². The maximum atomic E-state index is 14.4. The van der Waals surface area contributed by atoms with Crippen molar-refractivity contribution in [1.82, 2.24) is 0 Å². The van der Waals surface area contributed by atoms with Crippen LogP contribution in [0.4, 0.5) is 13.2 Å². The van der Waals surface area contributed by atoms with Crippen molar-refractivity contribution in [2.45, 2.75) is 13.2 Å². The SMILES string of the molecule is CC1COC(c2ccc(C#Cc3ccc4c(F)c(F)ccc4c3)c(F)c2)OC1. The zero-order valence-electron chi connectivity index (χ0n) is 15.1. The molecule has 0 unspecified atom stereocenters. The fourth-order valence-corrected chi connectivity index (χ4v) is 3.05. The minimum Gasteiger partial charge on any atom is -0.348 e. The smallest absolute Gasteiger partial charge is 0.183 e. The van der Waals surface area contributed by atoms with Gasteiger partial charge in [-0.25, -0.2) is 13.2 Å². The average molecular weight is 382 g/mol. The van der Waals surface area contributed by atoms with Gasteiger partial charge in [0.15, 0.2) is 17.9 Å². The first-order valence-corrected chi connectivity index (χ1v) is 8.93. The van der Waals surface area contributed by atoms with Crippen LogP contribution in [-0.4, -0.2) is 13.2 Å². The van der Waals surface area contributed by atoms with Crippen molar-refractivity contribution in [3.8, 4) is 11.8 Å². The van der Waals surface area contributed by atoms with E-state index in [1.165, 1.54) is 18.2 Å². The molecule has 0 amide bonds. The third-order valence-electron chi connectivity index (χ3n) is 4.58. The van der Waals surface area contributed by atoms with E-state index in [-0.39, 0.29) is 10.9 Å². The van der Waals surface area contributed by atoms with E-state index >= 15 is 0 Å². The number of benzene rings is 3. The number of hydrogen-bond acceptors (Lipinski definition) is 2. The lowest BCUT2D eigenvalue weighted by atomic mass is 10.1. The quantitative estimate of drug-likeness (QED) is 0.529. The Bertz CT molecular complexity index is 1090. The van der Waals surface area contributed by atoms with Gasteiger partial charge in [-0.3, -0.25) is 0 Å². The third kappa shape index (κ3) is 3.75. The summed E-state index contributed by atoms with van der Waals surface area (Å²) >= 11 is 0. The Kier molecular flexibility index (Phi) is 5.08. The molecule has 28 heavy (non-hydrogen) atoms. The van der Waals surface area contributed by atoms with Gasteiger partial charge in [0.1, 0.15) is 5.82 Å². The summed E-state index contributed by atoms with van der Waals surface area (Å²) in [5.41, 5.74) is 1.42. The molecule has 3 aromatic carbocycles. The van der Waals surface area contributed by atoms with E-state index in [1.807, 2.05) is 6.92 Å². The normalized spacial score (nSPS) is 19.3. The van der Waals surface area contributed by atoms with Crippen LogP contribution in [-0.2, 0) is 9.47 Å². The summed E-state index contributed by atoms with van der Waals surface area (Å²) in [4.78, 5) is 0. The van der Waals surface area contributed by atoms with Gasteiger partial charge in [0, 0.05) is 22.4 Å². The van der Waals surface area contributed by atoms with Crippen LogP contribution in [0.3, 0.4) is 0 Å². The van der Waals surface area contributed by atoms with Crippen LogP contribution in [0.25, 0.3) is 10.8 Å². The number of halogens is 3. The van der Waals surface area contributed by atoms with Gasteiger partial charge in [0.25, 0.3) is 0 Å².